The Morgan fingerprint density at radius 3 is 1.68 bits per heavy atom. The number of benzene rings is 5. The number of hydrogen-bond donors (Lipinski definition) is 7. The van der Waals surface area contributed by atoms with Crippen molar-refractivity contribution < 1.29 is 5.11 Å². The largest absolute Gasteiger partial charge is 0.399 e. The summed E-state index contributed by atoms with van der Waals surface area (Å²) in [6, 6.07) is 29.2. The zero-order valence-electron chi connectivity index (χ0n) is 21.8. The SMILES string of the molecule is CC1(C)Nc2cccc3c(N)ccc(c23)N1.Nc1ccc(CCO)cc1.Nc1ccc(N)c2ccccc12. The number of nitrogens with two attached hydrogens (primary N) is 4. The summed E-state index contributed by atoms with van der Waals surface area (Å²) in [7, 11) is 0. The summed E-state index contributed by atoms with van der Waals surface area (Å²) in [5.74, 6) is 0. The van der Waals surface area contributed by atoms with Crippen LogP contribution in [0.3, 0.4) is 0 Å². The van der Waals surface area contributed by atoms with Crippen LogP contribution < -0.4 is 33.6 Å². The van der Waals surface area contributed by atoms with E-state index in [0.717, 1.165) is 55.8 Å². The van der Waals surface area contributed by atoms with E-state index in [-0.39, 0.29) is 12.3 Å². The maximum atomic E-state index is 8.56. The van der Waals surface area contributed by atoms with Crippen molar-refractivity contribution in [3.63, 3.8) is 0 Å². The molecule has 1 aliphatic heterocycles. The maximum absolute atomic E-state index is 8.56. The third-order valence-electron chi connectivity index (χ3n) is 6.34. The first-order chi connectivity index (χ1) is 18.2. The van der Waals surface area contributed by atoms with Crippen LogP contribution in [-0.4, -0.2) is 17.4 Å². The molecule has 1 aliphatic rings. The highest BCUT2D eigenvalue weighted by Crippen LogP contribution is 2.39. The number of aliphatic hydroxyl groups excluding tert-OH is 1. The molecule has 11 N–H and O–H groups in total. The third-order valence-corrected chi connectivity index (χ3v) is 6.34. The molecule has 0 bridgehead atoms. The highest BCUT2D eigenvalue weighted by molar-refractivity contribution is 6.09. The van der Waals surface area contributed by atoms with Crippen LogP contribution in [0.2, 0.25) is 0 Å². The Kier molecular flexibility index (Phi) is 7.79. The molecule has 0 saturated carbocycles. The van der Waals surface area contributed by atoms with E-state index in [0.29, 0.717) is 6.42 Å². The lowest BCUT2D eigenvalue weighted by atomic mass is 10.00. The Hall–Kier alpha value is -4.62. The van der Waals surface area contributed by atoms with Crippen molar-refractivity contribution in [2.24, 2.45) is 0 Å². The fourth-order valence-corrected chi connectivity index (χ4v) is 4.50. The number of rotatable bonds is 2. The van der Waals surface area contributed by atoms with E-state index in [1.165, 1.54) is 5.39 Å². The molecule has 0 aromatic heterocycles. The van der Waals surface area contributed by atoms with Gasteiger partial charge in [0.05, 0.1) is 0 Å². The minimum absolute atomic E-state index is 0.128. The van der Waals surface area contributed by atoms with Gasteiger partial charge in [0.15, 0.2) is 0 Å². The molecular formula is C31H36N6O. The quantitative estimate of drug-likeness (QED) is 0.149. The molecule has 6 rings (SSSR count). The predicted octanol–water partition coefficient (Wildman–Crippen LogP) is 5.80. The number of aliphatic hydroxyl groups is 1. The first-order valence-corrected chi connectivity index (χ1v) is 12.5. The Morgan fingerprint density at radius 2 is 1.11 bits per heavy atom. The first kappa shape index (κ1) is 26.4. The summed E-state index contributed by atoms with van der Waals surface area (Å²) >= 11 is 0. The molecule has 0 spiro atoms. The lowest BCUT2D eigenvalue weighted by Gasteiger charge is -2.36. The number of nitrogens with one attached hydrogen (secondary N) is 2. The fraction of sp³-hybridized carbons (Fsp3) is 0.161. The molecule has 0 amide bonds. The van der Waals surface area contributed by atoms with Crippen LogP contribution in [0.25, 0.3) is 21.5 Å². The molecule has 1 heterocycles. The van der Waals surface area contributed by atoms with Gasteiger partial charge in [0.1, 0.15) is 5.66 Å². The van der Waals surface area contributed by atoms with Crippen molar-refractivity contribution in [2.45, 2.75) is 25.9 Å². The molecule has 0 aliphatic carbocycles. The lowest BCUT2D eigenvalue weighted by molar-refractivity contribution is 0.299. The summed E-state index contributed by atoms with van der Waals surface area (Å²) in [5.41, 5.74) is 29.4. The van der Waals surface area contributed by atoms with Crippen LogP contribution in [0, 0.1) is 0 Å². The summed E-state index contributed by atoms with van der Waals surface area (Å²) in [5, 5.41) is 19.8. The highest BCUT2D eigenvalue weighted by atomic mass is 16.2. The maximum Gasteiger partial charge on any atom is 0.102 e. The highest BCUT2D eigenvalue weighted by Gasteiger charge is 2.24. The van der Waals surface area contributed by atoms with Crippen LogP contribution >= 0.6 is 0 Å². The van der Waals surface area contributed by atoms with Gasteiger partial charge < -0.3 is 38.7 Å². The van der Waals surface area contributed by atoms with Gasteiger partial charge in [0.25, 0.3) is 0 Å². The molecule has 7 nitrogen and oxygen atoms in total. The van der Waals surface area contributed by atoms with E-state index >= 15 is 0 Å². The molecule has 0 unspecified atom stereocenters. The van der Waals surface area contributed by atoms with Crippen molar-refractivity contribution >= 4 is 55.7 Å². The van der Waals surface area contributed by atoms with E-state index in [2.05, 4.69) is 36.6 Å². The van der Waals surface area contributed by atoms with Crippen molar-refractivity contribution in [3.05, 3.63) is 96.6 Å². The second-order valence-corrected chi connectivity index (χ2v) is 9.81. The van der Waals surface area contributed by atoms with Crippen molar-refractivity contribution in [1.82, 2.24) is 0 Å². The Balaban J connectivity index is 0.000000137. The Bertz CT molecular complexity index is 1490. The minimum Gasteiger partial charge on any atom is -0.399 e. The number of nitrogen functional groups attached to an aromatic ring is 4. The zero-order chi connectivity index (χ0) is 27.3. The van der Waals surface area contributed by atoms with Crippen molar-refractivity contribution in [2.75, 3.05) is 40.2 Å². The fourth-order valence-electron chi connectivity index (χ4n) is 4.50. The van der Waals surface area contributed by atoms with Crippen molar-refractivity contribution in [1.29, 1.82) is 0 Å². The Labute approximate surface area is 223 Å². The van der Waals surface area contributed by atoms with Crippen LogP contribution in [0.4, 0.5) is 34.1 Å². The monoisotopic (exact) mass is 508 g/mol. The number of hydrogen-bond acceptors (Lipinski definition) is 7. The topological polar surface area (TPSA) is 148 Å². The standard InChI is InChI=1S/C13H15N3.C10H10N2.C8H11NO/c1-13(2)15-10-5-3-4-8-9(14)6-7-11(16-13)12(8)10;11-9-5-6-10(12)8-4-2-1-3-7(8)9;9-8-3-1-7(2-4-8)5-6-10/h3-7,15-16H,14H2,1-2H3;1-6H,11-12H2;1-4,10H,5-6,9H2. The number of anilines is 6. The lowest BCUT2D eigenvalue weighted by Crippen LogP contribution is -2.41. The summed E-state index contributed by atoms with van der Waals surface area (Å²) < 4.78 is 0. The van der Waals surface area contributed by atoms with Gasteiger partial charge in [-0.05, 0) is 68.3 Å². The molecule has 7 heteroatoms. The van der Waals surface area contributed by atoms with Crippen LogP contribution in [-0.2, 0) is 6.42 Å². The molecule has 0 fully saturated rings. The van der Waals surface area contributed by atoms with Gasteiger partial charge in [-0.1, -0.05) is 48.5 Å². The second-order valence-electron chi connectivity index (χ2n) is 9.81. The van der Waals surface area contributed by atoms with Crippen LogP contribution in [0.5, 0.6) is 0 Å². The smallest absolute Gasteiger partial charge is 0.102 e. The van der Waals surface area contributed by atoms with E-state index in [1.54, 1.807) is 0 Å². The predicted molar refractivity (Wildman–Crippen MR) is 164 cm³/mol. The van der Waals surface area contributed by atoms with E-state index < -0.39 is 0 Å². The van der Waals surface area contributed by atoms with Gasteiger partial charge in [0, 0.05) is 62.3 Å². The zero-order valence-corrected chi connectivity index (χ0v) is 21.8. The molecule has 5 aromatic carbocycles. The molecule has 38 heavy (non-hydrogen) atoms. The third kappa shape index (κ3) is 6.02. The molecule has 196 valence electrons. The van der Waals surface area contributed by atoms with Gasteiger partial charge >= 0.3 is 0 Å². The molecule has 0 atom stereocenters. The molecule has 5 aromatic rings. The normalized spacial score (nSPS) is 12.8. The second kappa shape index (κ2) is 11.2. The summed E-state index contributed by atoms with van der Waals surface area (Å²) in [4.78, 5) is 0. The van der Waals surface area contributed by atoms with Crippen molar-refractivity contribution in [3.8, 4) is 0 Å². The minimum atomic E-state index is -0.128. The average Bonchev–Trinajstić information content (AvgIpc) is 2.90. The van der Waals surface area contributed by atoms with Gasteiger partial charge in [-0.15, -0.1) is 0 Å². The molecular weight excluding hydrogens is 472 g/mol. The van der Waals surface area contributed by atoms with E-state index in [1.807, 2.05) is 78.9 Å². The van der Waals surface area contributed by atoms with Crippen LogP contribution in [0.1, 0.15) is 19.4 Å². The van der Waals surface area contributed by atoms with E-state index in [4.69, 9.17) is 28.0 Å². The Morgan fingerprint density at radius 1 is 0.605 bits per heavy atom. The first-order valence-electron chi connectivity index (χ1n) is 12.5. The van der Waals surface area contributed by atoms with Crippen LogP contribution in [0.15, 0.2) is 91.0 Å². The molecule has 0 saturated heterocycles. The molecule has 0 radical (unpaired) electrons. The summed E-state index contributed by atoms with van der Waals surface area (Å²) in [6.07, 6.45) is 0.709. The average molecular weight is 509 g/mol. The van der Waals surface area contributed by atoms with Gasteiger partial charge in [-0.3, -0.25) is 0 Å². The summed E-state index contributed by atoms with van der Waals surface area (Å²) in [6.45, 7) is 4.43. The van der Waals surface area contributed by atoms with Gasteiger partial charge in [0.2, 0.25) is 0 Å². The van der Waals surface area contributed by atoms with Gasteiger partial charge in [-0.2, -0.15) is 0 Å². The van der Waals surface area contributed by atoms with E-state index in [9.17, 15) is 0 Å². The van der Waals surface area contributed by atoms with Gasteiger partial charge in [-0.25, -0.2) is 0 Å². The number of fused-ring (bicyclic) bond motifs is 1.